The zero-order valence-electron chi connectivity index (χ0n) is 11.8. The van der Waals surface area contributed by atoms with Gasteiger partial charge in [-0.2, -0.15) is 0 Å². The van der Waals surface area contributed by atoms with Crippen molar-refractivity contribution >= 4 is 23.3 Å². The molecule has 0 saturated carbocycles. The number of hydrogen-bond acceptors (Lipinski definition) is 5. The number of rotatable bonds is 3. The van der Waals surface area contributed by atoms with Gasteiger partial charge in [0.2, 0.25) is 6.29 Å². The lowest BCUT2D eigenvalue weighted by Crippen LogP contribution is -2.47. The fourth-order valence-electron chi connectivity index (χ4n) is 2.70. The van der Waals surface area contributed by atoms with Gasteiger partial charge in [-0.15, -0.1) is 0 Å². The molecule has 5 nitrogen and oxygen atoms in total. The van der Waals surface area contributed by atoms with Gasteiger partial charge >= 0.3 is 5.97 Å². The van der Waals surface area contributed by atoms with Gasteiger partial charge in [0.25, 0.3) is 0 Å². The Morgan fingerprint density at radius 2 is 1.76 bits per heavy atom. The number of benzene rings is 1. The summed E-state index contributed by atoms with van der Waals surface area (Å²) in [6, 6.07) is 10.3. The molecule has 112 valence electrons. The summed E-state index contributed by atoms with van der Waals surface area (Å²) in [4.78, 5) is 15.9. The van der Waals surface area contributed by atoms with Crippen molar-refractivity contribution in [2.24, 2.45) is 0 Å². The quantitative estimate of drug-likeness (QED) is 0.796. The summed E-state index contributed by atoms with van der Waals surface area (Å²) in [5.41, 5.74) is 1.86. The maximum absolute atomic E-state index is 11.6. The number of carbonyl (C=O) groups is 1. The van der Waals surface area contributed by atoms with Crippen molar-refractivity contribution < 1.29 is 14.3 Å². The molecule has 0 spiro atoms. The molecule has 1 saturated heterocycles. The monoisotopic (exact) mass is 308 g/mol. The van der Waals surface area contributed by atoms with Crippen molar-refractivity contribution in [1.29, 1.82) is 0 Å². The molecule has 2 aliphatic heterocycles. The third-order valence-corrected chi connectivity index (χ3v) is 4.15. The van der Waals surface area contributed by atoms with E-state index >= 15 is 0 Å². The van der Waals surface area contributed by atoms with Crippen molar-refractivity contribution in [2.75, 3.05) is 38.2 Å². The van der Waals surface area contributed by atoms with E-state index < -0.39 is 12.3 Å². The van der Waals surface area contributed by atoms with Crippen LogP contribution in [0.5, 0.6) is 0 Å². The van der Waals surface area contributed by atoms with Crippen molar-refractivity contribution in [2.45, 2.75) is 6.29 Å². The molecule has 1 unspecified atom stereocenters. The second-order valence-corrected chi connectivity index (χ2v) is 5.36. The van der Waals surface area contributed by atoms with Crippen LogP contribution in [0, 0.1) is 0 Å². The van der Waals surface area contributed by atoms with Crippen molar-refractivity contribution in [3.05, 3.63) is 41.1 Å². The van der Waals surface area contributed by atoms with Gasteiger partial charge < -0.3 is 19.3 Å². The van der Waals surface area contributed by atoms with Crippen LogP contribution in [-0.2, 0) is 14.3 Å². The van der Waals surface area contributed by atoms with Gasteiger partial charge in [0.1, 0.15) is 5.70 Å². The van der Waals surface area contributed by atoms with Gasteiger partial charge in [-0.25, -0.2) is 4.79 Å². The first-order valence-electron chi connectivity index (χ1n) is 6.89. The van der Waals surface area contributed by atoms with Crippen LogP contribution in [0.25, 0.3) is 0 Å². The Kier molecular flexibility index (Phi) is 4.03. The Morgan fingerprint density at radius 1 is 1.14 bits per heavy atom. The Bertz CT molecular complexity index is 553. The van der Waals surface area contributed by atoms with E-state index in [2.05, 4.69) is 21.9 Å². The van der Waals surface area contributed by atoms with Crippen LogP contribution in [0.2, 0.25) is 0 Å². The Morgan fingerprint density at radius 3 is 2.38 bits per heavy atom. The second-order valence-electron chi connectivity index (χ2n) is 4.98. The van der Waals surface area contributed by atoms with Crippen LogP contribution in [0.15, 0.2) is 41.1 Å². The minimum Gasteiger partial charge on any atom is -0.425 e. The molecule has 0 aromatic heterocycles. The first-order valence-corrected chi connectivity index (χ1v) is 7.27. The van der Waals surface area contributed by atoms with Crippen LogP contribution in [0.1, 0.15) is 0 Å². The van der Waals surface area contributed by atoms with Crippen LogP contribution in [0.3, 0.4) is 0 Å². The number of nitrogens with zero attached hydrogens (tertiary/aromatic N) is 2. The standard InChI is InChI=1S/C15H17ClN2O3/c1-20-15-13(12(16)14(19)21-15)18-9-7-17(8-10-18)11-5-3-2-4-6-11/h2-6,15H,7-10H2,1H3. The number of halogens is 1. The largest absolute Gasteiger partial charge is 0.425 e. The second kappa shape index (κ2) is 5.95. The molecule has 2 heterocycles. The number of ether oxygens (including phenoxy) is 2. The smallest absolute Gasteiger partial charge is 0.354 e. The summed E-state index contributed by atoms with van der Waals surface area (Å²) in [7, 11) is 1.51. The van der Waals surface area contributed by atoms with E-state index in [0.717, 1.165) is 26.2 Å². The Hall–Kier alpha value is -1.72. The summed E-state index contributed by atoms with van der Waals surface area (Å²) in [5.74, 6) is -0.510. The molecule has 1 aromatic rings. The first kappa shape index (κ1) is 14.2. The lowest BCUT2D eigenvalue weighted by Gasteiger charge is -2.38. The lowest BCUT2D eigenvalue weighted by atomic mass is 10.2. The van der Waals surface area contributed by atoms with Gasteiger partial charge in [-0.05, 0) is 12.1 Å². The number of anilines is 1. The molecule has 21 heavy (non-hydrogen) atoms. The minimum atomic E-state index is -0.687. The minimum absolute atomic E-state index is 0.134. The third kappa shape index (κ3) is 2.71. The highest BCUT2D eigenvalue weighted by Gasteiger charge is 2.37. The van der Waals surface area contributed by atoms with Gasteiger partial charge in [0.05, 0.1) is 0 Å². The van der Waals surface area contributed by atoms with Crippen LogP contribution >= 0.6 is 11.6 Å². The molecule has 0 N–H and O–H groups in total. The summed E-state index contributed by atoms with van der Waals surface area (Å²) < 4.78 is 10.3. The number of piperazine rings is 1. The summed E-state index contributed by atoms with van der Waals surface area (Å²) >= 11 is 6.06. The summed E-state index contributed by atoms with van der Waals surface area (Å²) in [6.07, 6.45) is -0.687. The van der Waals surface area contributed by atoms with E-state index in [0.29, 0.717) is 5.70 Å². The molecule has 1 fully saturated rings. The van der Waals surface area contributed by atoms with E-state index in [9.17, 15) is 4.79 Å². The van der Waals surface area contributed by atoms with Gasteiger partial charge in [0.15, 0.2) is 5.03 Å². The average Bonchev–Trinajstić information content (AvgIpc) is 2.83. The molecule has 2 aliphatic rings. The van der Waals surface area contributed by atoms with Gasteiger partial charge in [-0.1, -0.05) is 29.8 Å². The van der Waals surface area contributed by atoms with E-state index in [1.807, 2.05) is 18.2 Å². The Balaban J connectivity index is 1.70. The predicted molar refractivity (Wildman–Crippen MR) is 80.0 cm³/mol. The number of para-hydroxylation sites is 1. The SMILES string of the molecule is COC1OC(=O)C(Cl)=C1N1CCN(c2ccccc2)CC1. The lowest BCUT2D eigenvalue weighted by molar-refractivity contribution is -0.157. The highest BCUT2D eigenvalue weighted by atomic mass is 35.5. The maximum atomic E-state index is 11.6. The van der Waals surface area contributed by atoms with Crippen molar-refractivity contribution in [3.8, 4) is 0 Å². The molecular weight excluding hydrogens is 292 g/mol. The van der Waals surface area contributed by atoms with Gasteiger partial charge in [0, 0.05) is 39.0 Å². The Labute approximate surface area is 128 Å². The molecule has 1 atom stereocenters. The molecular formula is C15H17ClN2O3. The number of cyclic esters (lactones) is 1. The third-order valence-electron chi connectivity index (χ3n) is 3.80. The molecule has 6 heteroatoms. The zero-order chi connectivity index (χ0) is 14.8. The topological polar surface area (TPSA) is 42.0 Å². The predicted octanol–water partition coefficient (Wildman–Crippen LogP) is 1.79. The number of esters is 1. The van der Waals surface area contributed by atoms with E-state index in [1.54, 1.807) is 0 Å². The van der Waals surface area contributed by atoms with E-state index in [-0.39, 0.29) is 5.03 Å². The zero-order valence-corrected chi connectivity index (χ0v) is 12.5. The van der Waals surface area contributed by atoms with Crippen LogP contribution < -0.4 is 4.90 Å². The molecule has 0 radical (unpaired) electrons. The number of hydrogen-bond donors (Lipinski definition) is 0. The average molecular weight is 309 g/mol. The highest BCUT2D eigenvalue weighted by Crippen LogP contribution is 2.30. The molecule has 3 rings (SSSR count). The van der Waals surface area contributed by atoms with E-state index in [1.165, 1.54) is 12.8 Å². The van der Waals surface area contributed by atoms with Crippen molar-refractivity contribution in [1.82, 2.24) is 4.90 Å². The fraction of sp³-hybridized carbons (Fsp3) is 0.400. The first-order chi connectivity index (χ1) is 10.2. The molecule has 0 bridgehead atoms. The van der Waals surface area contributed by atoms with Gasteiger partial charge in [-0.3, -0.25) is 0 Å². The summed E-state index contributed by atoms with van der Waals surface area (Å²) in [5, 5.41) is 0.134. The van der Waals surface area contributed by atoms with Crippen LogP contribution in [-0.4, -0.2) is 50.4 Å². The molecule has 1 aromatic carbocycles. The maximum Gasteiger partial charge on any atom is 0.354 e. The van der Waals surface area contributed by atoms with E-state index in [4.69, 9.17) is 21.1 Å². The number of carbonyl (C=O) groups excluding carboxylic acids is 1. The highest BCUT2D eigenvalue weighted by molar-refractivity contribution is 6.42. The molecule has 0 amide bonds. The fourth-order valence-corrected chi connectivity index (χ4v) is 2.96. The number of methoxy groups -OCH3 is 1. The summed E-state index contributed by atoms with van der Waals surface area (Å²) in [6.45, 7) is 3.28. The van der Waals surface area contributed by atoms with Crippen molar-refractivity contribution in [3.63, 3.8) is 0 Å². The van der Waals surface area contributed by atoms with Crippen LogP contribution in [0.4, 0.5) is 5.69 Å². The normalized spacial score (nSPS) is 22.8. The molecule has 0 aliphatic carbocycles.